The van der Waals surface area contributed by atoms with Crippen molar-refractivity contribution in [2.75, 3.05) is 12.4 Å². The molecule has 0 saturated carbocycles. The van der Waals surface area contributed by atoms with Crippen molar-refractivity contribution in [2.24, 2.45) is 5.73 Å². The Morgan fingerprint density at radius 1 is 1.50 bits per heavy atom. The predicted molar refractivity (Wildman–Crippen MR) is 36.1 cm³/mol. The highest BCUT2D eigenvalue weighted by molar-refractivity contribution is 7.85. The number of hydrogen-bond donors (Lipinski definition) is 3. The Hall–Kier alpha value is -0.170. The molecule has 0 aliphatic rings. The molecule has 0 aromatic rings. The molecule has 6 heteroatoms. The summed E-state index contributed by atoms with van der Waals surface area (Å²) in [4.78, 5) is 0. The van der Waals surface area contributed by atoms with Crippen LogP contribution in [0.5, 0.6) is 0 Å². The van der Waals surface area contributed by atoms with Gasteiger partial charge in [0.25, 0.3) is 10.1 Å². The molecular formula is C4H11NO4S. The molecule has 0 aromatic heterocycles. The maximum absolute atomic E-state index is 10.1. The Labute approximate surface area is 59.6 Å². The zero-order valence-corrected chi connectivity index (χ0v) is 6.21. The summed E-state index contributed by atoms with van der Waals surface area (Å²) < 4.78 is 28.4. The summed E-state index contributed by atoms with van der Waals surface area (Å²) in [7, 11) is -3.98. The molecule has 0 aromatic carbocycles. The van der Waals surface area contributed by atoms with Gasteiger partial charge in [-0.05, 0) is 6.42 Å². The van der Waals surface area contributed by atoms with Gasteiger partial charge in [0, 0.05) is 12.6 Å². The molecule has 0 aliphatic carbocycles. The Kier molecular flexibility index (Phi) is 3.80. The van der Waals surface area contributed by atoms with E-state index in [1.165, 1.54) is 0 Å². The fraction of sp³-hybridized carbons (Fsp3) is 1.00. The van der Waals surface area contributed by atoms with Gasteiger partial charge in [-0.2, -0.15) is 8.42 Å². The van der Waals surface area contributed by atoms with Crippen LogP contribution in [0.15, 0.2) is 0 Å². The minimum Gasteiger partial charge on any atom is -0.396 e. The van der Waals surface area contributed by atoms with E-state index in [4.69, 9.17) is 15.4 Å². The zero-order valence-electron chi connectivity index (χ0n) is 5.40. The van der Waals surface area contributed by atoms with E-state index in [0.717, 1.165) is 0 Å². The first kappa shape index (κ1) is 9.83. The van der Waals surface area contributed by atoms with Crippen LogP contribution in [0.4, 0.5) is 0 Å². The lowest BCUT2D eigenvalue weighted by Gasteiger charge is -2.05. The number of hydrogen-bond acceptors (Lipinski definition) is 4. The Bertz CT molecular complexity index is 176. The molecule has 0 saturated heterocycles. The fourth-order valence-corrected chi connectivity index (χ4v) is 1.23. The lowest BCUT2D eigenvalue weighted by Crippen LogP contribution is -2.30. The van der Waals surface area contributed by atoms with Gasteiger partial charge in [0.1, 0.15) is 0 Å². The Morgan fingerprint density at radius 2 is 2.00 bits per heavy atom. The van der Waals surface area contributed by atoms with E-state index < -0.39 is 21.9 Å². The van der Waals surface area contributed by atoms with Gasteiger partial charge in [-0.25, -0.2) is 0 Å². The average molecular weight is 169 g/mol. The number of nitrogens with two attached hydrogens (primary N) is 1. The molecule has 0 fully saturated rings. The minimum atomic E-state index is -3.98. The zero-order chi connectivity index (χ0) is 8.20. The largest absolute Gasteiger partial charge is 0.396 e. The van der Waals surface area contributed by atoms with Crippen molar-refractivity contribution in [3.8, 4) is 0 Å². The molecule has 5 nitrogen and oxygen atoms in total. The van der Waals surface area contributed by atoms with Gasteiger partial charge >= 0.3 is 0 Å². The van der Waals surface area contributed by atoms with Gasteiger partial charge in [-0.15, -0.1) is 0 Å². The Balaban J connectivity index is 3.69. The van der Waals surface area contributed by atoms with E-state index in [9.17, 15) is 8.42 Å². The lowest BCUT2D eigenvalue weighted by atomic mass is 10.3. The van der Waals surface area contributed by atoms with E-state index >= 15 is 0 Å². The fourth-order valence-electron chi connectivity index (χ4n) is 0.520. The van der Waals surface area contributed by atoms with Gasteiger partial charge in [0.15, 0.2) is 0 Å². The average Bonchev–Trinajstić information content (AvgIpc) is 1.59. The highest BCUT2D eigenvalue weighted by Gasteiger charge is 2.11. The second-order valence-corrected chi connectivity index (χ2v) is 3.52. The van der Waals surface area contributed by atoms with E-state index in [0.29, 0.717) is 0 Å². The van der Waals surface area contributed by atoms with Gasteiger partial charge in [0.2, 0.25) is 0 Å². The van der Waals surface area contributed by atoms with Crippen molar-refractivity contribution in [1.82, 2.24) is 0 Å². The van der Waals surface area contributed by atoms with E-state index in [2.05, 4.69) is 0 Å². The van der Waals surface area contributed by atoms with Crippen LogP contribution in [0, 0.1) is 0 Å². The van der Waals surface area contributed by atoms with Crippen LogP contribution < -0.4 is 5.73 Å². The quantitative estimate of drug-likeness (QED) is 0.448. The van der Waals surface area contributed by atoms with Gasteiger partial charge in [-0.1, -0.05) is 0 Å². The number of aliphatic hydroxyl groups is 1. The molecule has 0 aliphatic heterocycles. The molecular weight excluding hydrogens is 158 g/mol. The summed E-state index contributed by atoms with van der Waals surface area (Å²) in [6.07, 6.45) is 0.180. The smallest absolute Gasteiger partial charge is 0.266 e. The van der Waals surface area contributed by atoms with Crippen LogP contribution in [0.25, 0.3) is 0 Å². The maximum Gasteiger partial charge on any atom is 0.266 e. The molecule has 1 unspecified atom stereocenters. The Morgan fingerprint density at radius 3 is 2.30 bits per heavy atom. The third kappa shape index (κ3) is 5.96. The standard InChI is InChI=1S/C4H11NO4S/c5-4(1-2-6)3-10(7,8)9/h4,6H,1-3,5H2,(H,7,8,9). The molecule has 4 N–H and O–H groups in total. The summed E-state index contributed by atoms with van der Waals surface area (Å²) in [6, 6.07) is -0.681. The van der Waals surface area contributed by atoms with E-state index in [-0.39, 0.29) is 13.0 Å². The van der Waals surface area contributed by atoms with Gasteiger partial charge in [-0.3, -0.25) is 4.55 Å². The van der Waals surface area contributed by atoms with Gasteiger partial charge in [0.05, 0.1) is 5.75 Å². The van der Waals surface area contributed by atoms with Crippen molar-refractivity contribution < 1.29 is 18.1 Å². The van der Waals surface area contributed by atoms with Crippen molar-refractivity contribution >= 4 is 10.1 Å². The van der Waals surface area contributed by atoms with Crippen LogP contribution in [0.1, 0.15) is 6.42 Å². The molecule has 0 rings (SSSR count). The highest BCUT2D eigenvalue weighted by atomic mass is 32.2. The van der Waals surface area contributed by atoms with E-state index in [1.807, 2.05) is 0 Å². The van der Waals surface area contributed by atoms with Crippen LogP contribution in [-0.4, -0.2) is 36.5 Å². The monoisotopic (exact) mass is 169 g/mol. The van der Waals surface area contributed by atoms with E-state index in [1.54, 1.807) is 0 Å². The SMILES string of the molecule is NC(CCO)CS(=O)(=O)O. The van der Waals surface area contributed by atoms with Crippen molar-refractivity contribution in [3.63, 3.8) is 0 Å². The predicted octanol–water partition coefficient (Wildman–Crippen LogP) is -1.42. The summed E-state index contributed by atoms with van der Waals surface area (Å²) in [6.45, 7) is -0.170. The number of rotatable bonds is 4. The van der Waals surface area contributed by atoms with Crippen molar-refractivity contribution in [1.29, 1.82) is 0 Å². The van der Waals surface area contributed by atoms with Gasteiger partial charge < -0.3 is 10.8 Å². The highest BCUT2D eigenvalue weighted by Crippen LogP contribution is 1.91. The molecule has 1 atom stereocenters. The third-order valence-electron chi connectivity index (χ3n) is 0.925. The topological polar surface area (TPSA) is 101 Å². The first-order valence-electron chi connectivity index (χ1n) is 2.77. The molecule has 62 valence electrons. The molecule has 0 heterocycles. The molecule has 0 radical (unpaired) electrons. The summed E-state index contributed by atoms with van der Waals surface area (Å²) in [5, 5.41) is 8.28. The van der Waals surface area contributed by atoms with Crippen LogP contribution >= 0.6 is 0 Å². The number of aliphatic hydroxyl groups excluding tert-OH is 1. The normalized spacial score (nSPS) is 15.1. The summed E-state index contributed by atoms with van der Waals surface area (Å²) in [5.41, 5.74) is 5.17. The summed E-state index contributed by atoms with van der Waals surface area (Å²) >= 11 is 0. The minimum absolute atomic E-state index is 0.170. The molecule has 0 amide bonds. The third-order valence-corrected chi connectivity index (χ3v) is 1.77. The molecule has 0 bridgehead atoms. The maximum atomic E-state index is 10.1. The van der Waals surface area contributed by atoms with Crippen LogP contribution in [-0.2, 0) is 10.1 Å². The van der Waals surface area contributed by atoms with Crippen molar-refractivity contribution in [2.45, 2.75) is 12.5 Å². The second-order valence-electron chi connectivity index (χ2n) is 2.02. The molecule has 0 spiro atoms. The van der Waals surface area contributed by atoms with Crippen LogP contribution in [0.2, 0.25) is 0 Å². The van der Waals surface area contributed by atoms with Crippen LogP contribution in [0.3, 0.4) is 0 Å². The lowest BCUT2D eigenvalue weighted by molar-refractivity contribution is 0.278. The van der Waals surface area contributed by atoms with Crippen molar-refractivity contribution in [3.05, 3.63) is 0 Å². The molecule has 10 heavy (non-hydrogen) atoms. The first-order chi connectivity index (χ1) is 4.45. The summed E-state index contributed by atoms with van der Waals surface area (Å²) in [5.74, 6) is -0.493. The second kappa shape index (κ2) is 3.87. The first-order valence-corrected chi connectivity index (χ1v) is 4.38.